The third-order valence-corrected chi connectivity index (χ3v) is 5.52. The van der Waals surface area contributed by atoms with Gasteiger partial charge >= 0.3 is 5.97 Å². The van der Waals surface area contributed by atoms with Crippen molar-refractivity contribution in [1.29, 1.82) is 0 Å². The lowest BCUT2D eigenvalue weighted by molar-refractivity contribution is -0.151. The first-order valence-corrected chi connectivity index (χ1v) is 10.0. The number of nitrogens with zero attached hydrogens (tertiary/aromatic N) is 2. The van der Waals surface area contributed by atoms with Gasteiger partial charge in [0.05, 0.1) is 17.0 Å². The minimum Gasteiger partial charge on any atom is -0.455 e. The number of amides is 4. The van der Waals surface area contributed by atoms with E-state index in [-0.39, 0.29) is 30.0 Å². The van der Waals surface area contributed by atoms with Crippen LogP contribution in [0.4, 0.5) is 11.4 Å². The Kier molecular flexibility index (Phi) is 5.48. The first-order chi connectivity index (χ1) is 15.2. The van der Waals surface area contributed by atoms with Gasteiger partial charge in [-0.2, -0.15) is 0 Å². The molecule has 1 fully saturated rings. The number of ether oxygens (including phenoxy) is 1. The minimum atomic E-state index is -0.657. The highest BCUT2D eigenvalue weighted by atomic mass is 16.5. The molecule has 2 aliphatic heterocycles. The van der Waals surface area contributed by atoms with Crippen molar-refractivity contribution in [2.24, 2.45) is 5.92 Å². The molecule has 0 radical (unpaired) electrons. The van der Waals surface area contributed by atoms with Gasteiger partial charge < -0.3 is 15.0 Å². The van der Waals surface area contributed by atoms with Crippen LogP contribution in [0.3, 0.4) is 0 Å². The van der Waals surface area contributed by atoms with Crippen LogP contribution in [-0.4, -0.2) is 54.7 Å². The van der Waals surface area contributed by atoms with Gasteiger partial charge in [-0.1, -0.05) is 17.7 Å². The summed E-state index contributed by atoms with van der Waals surface area (Å²) in [6, 6.07) is 11.8. The molecule has 4 amide bonds. The number of hydrogen-bond donors (Lipinski definition) is 1. The smallest absolute Gasteiger partial charge is 0.311 e. The molecule has 32 heavy (non-hydrogen) atoms. The minimum absolute atomic E-state index is 0.0167. The predicted molar refractivity (Wildman–Crippen MR) is 114 cm³/mol. The summed E-state index contributed by atoms with van der Waals surface area (Å²) in [5.74, 6) is -2.90. The Balaban J connectivity index is 1.32. The first kappa shape index (κ1) is 21.2. The SMILES string of the molecule is Cc1ccc(N2CC(C(=O)OCC(=O)Nc3ccc4c(c3)C(=O)N(C)C4=O)CC2=O)cc1. The predicted octanol–water partition coefficient (Wildman–Crippen LogP) is 1.76. The fourth-order valence-corrected chi connectivity index (χ4v) is 3.73. The van der Waals surface area contributed by atoms with Crippen LogP contribution in [0.1, 0.15) is 32.7 Å². The average molecular weight is 435 g/mol. The third kappa shape index (κ3) is 3.96. The highest BCUT2D eigenvalue weighted by molar-refractivity contribution is 6.21. The molecule has 9 nitrogen and oxygen atoms in total. The lowest BCUT2D eigenvalue weighted by Crippen LogP contribution is -2.28. The highest BCUT2D eigenvalue weighted by Crippen LogP contribution is 2.27. The molecule has 2 aromatic rings. The molecular formula is C23H21N3O6. The molecule has 1 saturated heterocycles. The number of rotatable bonds is 5. The lowest BCUT2D eigenvalue weighted by atomic mass is 10.1. The molecule has 2 aromatic carbocycles. The second kappa shape index (κ2) is 8.26. The van der Waals surface area contributed by atoms with Gasteiger partial charge in [-0.15, -0.1) is 0 Å². The molecule has 164 valence electrons. The fraction of sp³-hybridized carbons (Fsp3) is 0.261. The maximum absolute atomic E-state index is 12.4. The molecule has 2 heterocycles. The molecular weight excluding hydrogens is 414 g/mol. The Bertz CT molecular complexity index is 1140. The number of nitrogens with one attached hydrogen (secondary N) is 1. The monoisotopic (exact) mass is 435 g/mol. The van der Waals surface area contributed by atoms with Gasteiger partial charge in [-0.25, -0.2) is 0 Å². The zero-order valence-electron chi connectivity index (χ0n) is 17.6. The number of carbonyl (C=O) groups excluding carboxylic acids is 5. The van der Waals surface area contributed by atoms with Crippen molar-refractivity contribution in [3.63, 3.8) is 0 Å². The quantitative estimate of drug-likeness (QED) is 0.566. The van der Waals surface area contributed by atoms with Crippen LogP contribution in [0.5, 0.6) is 0 Å². The number of imide groups is 1. The van der Waals surface area contributed by atoms with Crippen molar-refractivity contribution in [3.05, 3.63) is 59.2 Å². The molecule has 0 spiro atoms. The van der Waals surface area contributed by atoms with Gasteiger partial charge in [0, 0.05) is 31.4 Å². The van der Waals surface area contributed by atoms with E-state index in [1.165, 1.54) is 30.1 Å². The molecule has 1 unspecified atom stereocenters. The summed E-state index contributed by atoms with van der Waals surface area (Å²) in [6.45, 7) is 1.61. The van der Waals surface area contributed by atoms with E-state index < -0.39 is 36.2 Å². The topological polar surface area (TPSA) is 113 Å². The van der Waals surface area contributed by atoms with E-state index in [1.54, 1.807) is 0 Å². The van der Waals surface area contributed by atoms with Crippen LogP contribution >= 0.6 is 0 Å². The Morgan fingerprint density at radius 3 is 2.44 bits per heavy atom. The number of fused-ring (bicyclic) bond motifs is 1. The Morgan fingerprint density at radius 2 is 1.72 bits per heavy atom. The van der Waals surface area contributed by atoms with E-state index in [4.69, 9.17) is 4.74 Å². The Labute approximate surface area is 183 Å². The molecule has 4 rings (SSSR count). The number of hydrogen-bond acceptors (Lipinski definition) is 6. The van der Waals surface area contributed by atoms with Gasteiger partial charge in [0.1, 0.15) is 0 Å². The van der Waals surface area contributed by atoms with Crippen molar-refractivity contribution in [2.75, 3.05) is 30.4 Å². The number of esters is 1. The summed E-state index contributed by atoms with van der Waals surface area (Å²) >= 11 is 0. The van der Waals surface area contributed by atoms with Crippen molar-refractivity contribution < 1.29 is 28.7 Å². The van der Waals surface area contributed by atoms with E-state index in [9.17, 15) is 24.0 Å². The van der Waals surface area contributed by atoms with E-state index in [0.717, 1.165) is 10.5 Å². The van der Waals surface area contributed by atoms with Crippen molar-refractivity contribution in [3.8, 4) is 0 Å². The third-order valence-electron chi connectivity index (χ3n) is 5.52. The number of carbonyl (C=O) groups is 5. The van der Waals surface area contributed by atoms with E-state index in [0.29, 0.717) is 11.4 Å². The van der Waals surface area contributed by atoms with Crippen LogP contribution in [0, 0.1) is 12.8 Å². The van der Waals surface area contributed by atoms with Crippen LogP contribution in [0.2, 0.25) is 0 Å². The van der Waals surface area contributed by atoms with Gasteiger partial charge in [0.2, 0.25) is 5.91 Å². The summed E-state index contributed by atoms with van der Waals surface area (Å²) in [5, 5.41) is 2.54. The Hall–Kier alpha value is -4.01. The molecule has 9 heteroatoms. The van der Waals surface area contributed by atoms with Crippen molar-refractivity contribution in [1.82, 2.24) is 4.90 Å². The maximum atomic E-state index is 12.4. The van der Waals surface area contributed by atoms with E-state index >= 15 is 0 Å². The molecule has 1 atom stereocenters. The summed E-state index contributed by atoms with van der Waals surface area (Å²) in [5.41, 5.74) is 2.56. The second-order valence-corrected chi connectivity index (χ2v) is 7.83. The van der Waals surface area contributed by atoms with Crippen LogP contribution in [0.25, 0.3) is 0 Å². The molecule has 0 aliphatic carbocycles. The van der Waals surface area contributed by atoms with Crippen molar-refractivity contribution in [2.45, 2.75) is 13.3 Å². The summed E-state index contributed by atoms with van der Waals surface area (Å²) < 4.78 is 5.10. The van der Waals surface area contributed by atoms with Gasteiger partial charge in [0.15, 0.2) is 6.61 Å². The lowest BCUT2D eigenvalue weighted by Gasteiger charge is -2.16. The van der Waals surface area contributed by atoms with Gasteiger partial charge in [-0.3, -0.25) is 28.9 Å². The number of aryl methyl sites for hydroxylation is 1. The van der Waals surface area contributed by atoms with Crippen LogP contribution < -0.4 is 10.2 Å². The molecule has 0 saturated carbocycles. The zero-order valence-corrected chi connectivity index (χ0v) is 17.6. The molecule has 1 N–H and O–H groups in total. The zero-order chi connectivity index (χ0) is 23.0. The van der Waals surface area contributed by atoms with E-state index in [2.05, 4.69) is 5.32 Å². The number of anilines is 2. The van der Waals surface area contributed by atoms with E-state index in [1.807, 2.05) is 31.2 Å². The average Bonchev–Trinajstić information content (AvgIpc) is 3.26. The summed E-state index contributed by atoms with van der Waals surface area (Å²) in [4.78, 5) is 63.4. The standard InChI is InChI=1S/C23H21N3O6/c1-13-3-6-16(7-4-13)26-11-14(9-20(26)28)23(31)32-12-19(27)24-15-5-8-17-18(10-15)22(30)25(2)21(17)29/h3-8,10,14H,9,11-12H2,1-2H3,(H,24,27). The first-order valence-electron chi connectivity index (χ1n) is 10.0. The fourth-order valence-electron chi connectivity index (χ4n) is 3.73. The normalized spacial score (nSPS) is 17.6. The van der Waals surface area contributed by atoms with Crippen LogP contribution in [-0.2, 0) is 19.1 Å². The largest absolute Gasteiger partial charge is 0.455 e. The second-order valence-electron chi connectivity index (χ2n) is 7.83. The number of benzene rings is 2. The summed E-state index contributed by atoms with van der Waals surface area (Å²) in [6.07, 6.45) is 0.0167. The highest BCUT2D eigenvalue weighted by Gasteiger charge is 2.36. The van der Waals surface area contributed by atoms with Crippen molar-refractivity contribution >= 4 is 41.0 Å². The molecule has 0 aromatic heterocycles. The summed E-state index contributed by atoms with van der Waals surface area (Å²) in [7, 11) is 1.39. The molecule has 0 bridgehead atoms. The van der Waals surface area contributed by atoms with Crippen LogP contribution in [0.15, 0.2) is 42.5 Å². The van der Waals surface area contributed by atoms with Gasteiger partial charge in [-0.05, 0) is 37.3 Å². The Morgan fingerprint density at radius 1 is 1.03 bits per heavy atom. The van der Waals surface area contributed by atoms with Gasteiger partial charge in [0.25, 0.3) is 17.7 Å². The molecule has 2 aliphatic rings. The maximum Gasteiger partial charge on any atom is 0.311 e.